The van der Waals surface area contributed by atoms with Gasteiger partial charge in [-0.15, -0.1) is 0 Å². The van der Waals surface area contributed by atoms with Crippen LogP contribution in [0.2, 0.25) is 0 Å². The lowest BCUT2D eigenvalue weighted by atomic mass is 10.1. The van der Waals surface area contributed by atoms with Gasteiger partial charge in [0.15, 0.2) is 0 Å². The van der Waals surface area contributed by atoms with E-state index in [1.54, 1.807) is 24.2 Å². The standard InChI is InChI=1S/C17H18N6O3/c1-11-7-16(25)23-17(19-11)20-14(21-23)8-15(24)22-5-6-26-13(10-22)12-3-2-4-18-9-12/h2-4,7,9,13H,5-6,8,10H2,1H3,(H,19,20,21)/t13-/m0/s1. The number of amides is 1. The maximum atomic E-state index is 12.7. The van der Waals surface area contributed by atoms with Gasteiger partial charge in [0.1, 0.15) is 11.9 Å². The number of morpholine rings is 1. The molecule has 0 bridgehead atoms. The third-order valence-corrected chi connectivity index (χ3v) is 4.30. The van der Waals surface area contributed by atoms with E-state index in [1.807, 2.05) is 12.1 Å². The van der Waals surface area contributed by atoms with Crippen LogP contribution in [0.1, 0.15) is 23.2 Å². The number of hydrogen-bond donors (Lipinski definition) is 1. The Morgan fingerprint density at radius 3 is 3.12 bits per heavy atom. The van der Waals surface area contributed by atoms with Gasteiger partial charge >= 0.3 is 0 Å². The lowest BCUT2D eigenvalue weighted by molar-refractivity contribution is -0.138. The molecule has 0 saturated carbocycles. The average Bonchev–Trinajstić information content (AvgIpc) is 3.05. The Kier molecular flexibility index (Phi) is 4.21. The van der Waals surface area contributed by atoms with Crippen molar-refractivity contribution in [1.82, 2.24) is 29.5 Å². The third kappa shape index (κ3) is 3.21. The van der Waals surface area contributed by atoms with Gasteiger partial charge in [-0.2, -0.15) is 9.50 Å². The van der Waals surface area contributed by atoms with E-state index in [0.29, 0.717) is 31.2 Å². The normalized spacial score (nSPS) is 17.6. The molecular formula is C17H18N6O3. The van der Waals surface area contributed by atoms with Crippen LogP contribution in [0.15, 0.2) is 35.4 Å². The van der Waals surface area contributed by atoms with E-state index >= 15 is 0 Å². The second kappa shape index (κ2) is 6.68. The molecule has 0 aliphatic carbocycles. The van der Waals surface area contributed by atoms with Gasteiger partial charge in [-0.25, -0.2) is 4.98 Å². The number of hydrogen-bond acceptors (Lipinski definition) is 6. The van der Waals surface area contributed by atoms with Gasteiger partial charge in [0.2, 0.25) is 5.91 Å². The second-order valence-corrected chi connectivity index (χ2v) is 6.20. The minimum absolute atomic E-state index is 0.0710. The minimum Gasteiger partial charge on any atom is -0.370 e. The van der Waals surface area contributed by atoms with E-state index in [2.05, 4.69) is 20.1 Å². The van der Waals surface area contributed by atoms with Gasteiger partial charge in [0, 0.05) is 36.3 Å². The van der Waals surface area contributed by atoms with Crippen LogP contribution in [0.4, 0.5) is 0 Å². The number of carbonyl (C=O) groups is 1. The Balaban J connectivity index is 1.49. The van der Waals surface area contributed by atoms with Crippen molar-refractivity contribution < 1.29 is 9.53 Å². The van der Waals surface area contributed by atoms with Crippen LogP contribution in [0.3, 0.4) is 0 Å². The van der Waals surface area contributed by atoms with E-state index in [9.17, 15) is 9.59 Å². The van der Waals surface area contributed by atoms with Crippen molar-refractivity contribution in [3.05, 3.63) is 58.0 Å². The third-order valence-electron chi connectivity index (χ3n) is 4.30. The number of ether oxygens (including phenoxy) is 1. The lowest BCUT2D eigenvalue weighted by Crippen LogP contribution is -2.43. The Bertz CT molecular complexity index is 997. The molecule has 1 amide bonds. The van der Waals surface area contributed by atoms with E-state index < -0.39 is 0 Å². The first-order valence-corrected chi connectivity index (χ1v) is 8.35. The number of rotatable bonds is 3. The Labute approximate surface area is 148 Å². The average molecular weight is 354 g/mol. The van der Waals surface area contributed by atoms with Crippen molar-refractivity contribution in [1.29, 1.82) is 0 Å². The molecule has 4 rings (SSSR count). The SMILES string of the molecule is Cc1cc(=O)n2[nH]c(CC(=O)N3CCO[C@H](c4cccnc4)C3)nc2n1. The van der Waals surface area contributed by atoms with E-state index in [0.717, 1.165) is 5.56 Å². The summed E-state index contributed by atoms with van der Waals surface area (Å²) in [4.78, 5) is 38.9. The monoisotopic (exact) mass is 354 g/mol. The molecule has 9 heteroatoms. The lowest BCUT2D eigenvalue weighted by Gasteiger charge is -2.33. The Morgan fingerprint density at radius 1 is 1.42 bits per heavy atom. The molecule has 1 atom stereocenters. The molecule has 3 aromatic rings. The quantitative estimate of drug-likeness (QED) is 0.723. The fraction of sp³-hybridized carbons (Fsp3) is 0.353. The summed E-state index contributed by atoms with van der Waals surface area (Å²) in [6.07, 6.45) is 3.33. The number of nitrogens with zero attached hydrogens (tertiary/aromatic N) is 5. The maximum Gasteiger partial charge on any atom is 0.274 e. The van der Waals surface area contributed by atoms with Crippen LogP contribution in [-0.2, 0) is 16.0 Å². The van der Waals surface area contributed by atoms with E-state index in [4.69, 9.17) is 4.74 Å². The summed E-state index contributed by atoms with van der Waals surface area (Å²) in [5.74, 6) is 0.605. The van der Waals surface area contributed by atoms with Crippen molar-refractivity contribution in [3.8, 4) is 0 Å². The smallest absolute Gasteiger partial charge is 0.274 e. The van der Waals surface area contributed by atoms with Crippen molar-refractivity contribution >= 4 is 11.7 Å². The summed E-state index contributed by atoms with van der Waals surface area (Å²) in [5, 5.41) is 2.85. The van der Waals surface area contributed by atoms with Crippen molar-refractivity contribution in [2.45, 2.75) is 19.4 Å². The number of carbonyl (C=O) groups excluding carboxylic acids is 1. The summed E-state index contributed by atoms with van der Waals surface area (Å²) in [7, 11) is 0. The van der Waals surface area contributed by atoms with Crippen LogP contribution >= 0.6 is 0 Å². The first-order valence-electron chi connectivity index (χ1n) is 8.35. The molecular weight excluding hydrogens is 336 g/mol. The highest BCUT2D eigenvalue weighted by molar-refractivity contribution is 5.78. The molecule has 1 fully saturated rings. The molecule has 0 aromatic carbocycles. The molecule has 134 valence electrons. The number of nitrogens with one attached hydrogen (secondary N) is 1. The van der Waals surface area contributed by atoms with E-state index in [1.165, 1.54) is 10.6 Å². The first-order chi connectivity index (χ1) is 12.6. The zero-order valence-electron chi connectivity index (χ0n) is 14.3. The van der Waals surface area contributed by atoms with Gasteiger partial charge in [-0.1, -0.05) is 6.07 Å². The molecule has 0 radical (unpaired) electrons. The summed E-state index contributed by atoms with van der Waals surface area (Å²) in [6.45, 7) is 3.17. The molecule has 1 aliphatic rings. The molecule has 1 aliphatic heterocycles. The first kappa shape index (κ1) is 16.4. The van der Waals surface area contributed by atoms with Gasteiger partial charge in [-0.05, 0) is 13.0 Å². The van der Waals surface area contributed by atoms with Crippen LogP contribution in [0.25, 0.3) is 5.78 Å². The Hall–Kier alpha value is -3.07. The zero-order valence-corrected chi connectivity index (χ0v) is 14.3. The van der Waals surface area contributed by atoms with Crippen molar-refractivity contribution in [2.24, 2.45) is 0 Å². The van der Waals surface area contributed by atoms with Crippen LogP contribution in [-0.4, -0.2) is 55.1 Å². The summed E-state index contributed by atoms with van der Waals surface area (Å²) in [6, 6.07) is 5.20. The molecule has 3 aromatic heterocycles. The number of H-pyrrole nitrogens is 1. The second-order valence-electron chi connectivity index (χ2n) is 6.20. The fourth-order valence-electron chi connectivity index (χ4n) is 3.01. The van der Waals surface area contributed by atoms with Crippen LogP contribution in [0.5, 0.6) is 0 Å². The number of aromatic amines is 1. The number of fused-ring (bicyclic) bond motifs is 1. The minimum atomic E-state index is -0.248. The number of aromatic nitrogens is 5. The molecule has 26 heavy (non-hydrogen) atoms. The molecule has 4 heterocycles. The summed E-state index contributed by atoms with van der Waals surface area (Å²) < 4.78 is 7.00. The highest BCUT2D eigenvalue weighted by atomic mass is 16.5. The molecule has 1 saturated heterocycles. The highest BCUT2D eigenvalue weighted by Crippen LogP contribution is 2.21. The fourth-order valence-corrected chi connectivity index (χ4v) is 3.01. The Morgan fingerprint density at radius 2 is 2.31 bits per heavy atom. The largest absolute Gasteiger partial charge is 0.370 e. The predicted octanol–water partition coefficient (Wildman–Crippen LogP) is 0.264. The van der Waals surface area contributed by atoms with Gasteiger partial charge in [-0.3, -0.25) is 19.7 Å². The van der Waals surface area contributed by atoms with Gasteiger partial charge in [0.25, 0.3) is 11.3 Å². The van der Waals surface area contributed by atoms with E-state index in [-0.39, 0.29) is 29.8 Å². The topological polar surface area (TPSA) is 105 Å². The van der Waals surface area contributed by atoms with Crippen LogP contribution in [0, 0.1) is 6.92 Å². The number of pyridine rings is 1. The summed E-state index contributed by atoms with van der Waals surface area (Å²) >= 11 is 0. The van der Waals surface area contributed by atoms with Gasteiger partial charge in [0.05, 0.1) is 19.6 Å². The summed E-state index contributed by atoms with van der Waals surface area (Å²) in [5.41, 5.74) is 1.29. The number of aryl methyl sites for hydroxylation is 1. The van der Waals surface area contributed by atoms with Crippen molar-refractivity contribution in [2.75, 3.05) is 19.7 Å². The predicted molar refractivity (Wildman–Crippen MR) is 91.6 cm³/mol. The molecule has 0 unspecified atom stereocenters. The van der Waals surface area contributed by atoms with Crippen LogP contribution < -0.4 is 5.56 Å². The maximum absolute atomic E-state index is 12.7. The molecule has 9 nitrogen and oxygen atoms in total. The molecule has 1 N–H and O–H groups in total. The highest BCUT2D eigenvalue weighted by Gasteiger charge is 2.26. The molecule has 0 spiro atoms. The van der Waals surface area contributed by atoms with Gasteiger partial charge < -0.3 is 9.64 Å². The zero-order chi connectivity index (χ0) is 18.1. The van der Waals surface area contributed by atoms with Crippen molar-refractivity contribution in [3.63, 3.8) is 0 Å².